The zero-order valence-electron chi connectivity index (χ0n) is 9.66. The Hall–Kier alpha value is -0.580. The quantitative estimate of drug-likeness (QED) is 0.850. The second-order valence-electron chi connectivity index (χ2n) is 4.43. The summed E-state index contributed by atoms with van der Waals surface area (Å²) in [5, 5.41) is 14.6. The van der Waals surface area contributed by atoms with Gasteiger partial charge in [-0.1, -0.05) is 11.6 Å². The van der Waals surface area contributed by atoms with Gasteiger partial charge in [0.1, 0.15) is 5.60 Å². The second kappa shape index (κ2) is 4.51. The van der Waals surface area contributed by atoms with Gasteiger partial charge in [0.05, 0.1) is 23.5 Å². The van der Waals surface area contributed by atoms with Crippen LogP contribution in [-0.2, 0) is 12.1 Å². The summed E-state index contributed by atoms with van der Waals surface area (Å²) in [5.74, 6) is 0. The molecule has 0 atom stereocenters. The first-order valence-corrected chi connectivity index (χ1v) is 5.29. The van der Waals surface area contributed by atoms with Crippen molar-refractivity contribution in [3.05, 3.63) is 16.9 Å². The van der Waals surface area contributed by atoms with Crippen molar-refractivity contribution in [1.29, 1.82) is 0 Å². The average Bonchev–Trinajstić information content (AvgIpc) is 2.42. The molecular formula is C10H18ClN3O. The molecule has 0 aliphatic rings. The summed E-state index contributed by atoms with van der Waals surface area (Å²) >= 11 is 5.99. The van der Waals surface area contributed by atoms with E-state index >= 15 is 0 Å². The zero-order valence-corrected chi connectivity index (χ0v) is 10.4. The molecule has 15 heavy (non-hydrogen) atoms. The van der Waals surface area contributed by atoms with Gasteiger partial charge in [0.25, 0.3) is 0 Å². The monoisotopic (exact) mass is 231 g/mol. The molecule has 4 nitrogen and oxygen atoms in total. The Kier molecular flexibility index (Phi) is 3.76. The normalized spacial score (nSPS) is 12.5. The SMILES string of the molecule is CN(C)CCn1ncc(Cl)c1C(C)(C)O. The molecule has 1 rings (SSSR count). The molecule has 1 N–H and O–H groups in total. The van der Waals surface area contributed by atoms with E-state index < -0.39 is 5.60 Å². The fourth-order valence-electron chi connectivity index (χ4n) is 1.43. The molecule has 0 saturated heterocycles. The number of nitrogens with zero attached hydrogens (tertiary/aromatic N) is 3. The smallest absolute Gasteiger partial charge is 0.102 e. The molecule has 1 heterocycles. The number of aromatic nitrogens is 2. The van der Waals surface area contributed by atoms with Gasteiger partial charge in [0.15, 0.2) is 0 Å². The largest absolute Gasteiger partial charge is 0.384 e. The van der Waals surface area contributed by atoms with Crippen molar-refractivity contribution in [2.45, 2.75) is 26.0 Å². The number of halogens is 1. The predicted octanol–water partition coefficient (Wildman–Crippen LogP) is 1.33. The lowest BCUT2D eigenvalue weighted by Gasteiger charge is -2.20. The van der Waals surface area contributed by atoms with Crippen LogP contribution >= 0.6 is 11.6 Å². The molecule has 0 fully saturated rings. The van der Waals surface area contributed by atoms with Gasteiger partial charge in [-0.2, -0.15) is 5.10 Å². The van der Waals surface area contributed by atoms with Gasteiger partial charge < -0.3 is 10.0 Å². The molecule has 0 aliphatic heterocycles. The van der Waals surface area contributed by atoms with Gasteiger partial charge in [-0.15, -0.1) is 0 Å². The lowest BCUT2D eigenvalue weighted by molar-refractivity contribution is 0.0679. The molecule has 0 aromatic carbocycles. The molecule has 0 saturated carbocycles. The van der Waals surface area contributed by atoms with Crippen molar-refractivity contribution in [3.8, 4) is 0 Å². The average molecular weight is 232 g/mol. The van der Waals surface area contributed by atoms with Gasteiger partial charge in [-0.25, -0.2) is 0 Å². The van der Waals surface area contributed by atoms with Crippen molar-refractivity contribution in [3.63, 3.8) is 0 Å². The molecule has 1 aromatic rings. The Morgan fingerprint density at radius 3 is 2.60 bits per heavy atom. The molecule has 1 aromatic heterocycles. The Bertz CT molecular complexity index is 328. The van der Waals surface area contributed by atoms with Crippen LogP contribution < -0.4 is 0 Å². The maximum absolute atomic E-state index is 9.95. The Morgan fingerprint density at radius 1 is 1.53 bits per heavy atom. The highest BCUT2D eigenvalue weighted by atomic mass is 35.5. The lowest BCUT2D eigenvalue weighted by atomic mass is 10.1. The summed E-state index contributed by atoms with van der Waals surface area (Å²) in [6.45, 7) is 5.00. The van der Waals surface area contributed by atoms with Gasteiger partial charge >= 0.3 is 0 Å². The van der Waals surface area contributed by atoms with E-state index in [1.54, 1.807) is 24.7 Å². The summed E-state index contributed by atoms with van der Waals surface area (Å²) in [5.41, 5.74) is -0.286. The predicted molar refractivity (Wildman–Crippen MR) is 61.0 cm³/mol. The van der Waals surface area contributed by atoms with E-state index in [2.05, 4.69) is 10.00 Å². The topological polar surface area (TPSA) is 41.3 Å². The van der Waals surface area contributed by atoms with Crippen molar-refractivity contribution >= 4 is 11.6 Å². The van der Waals surface area contributed by atoms with Gasteiger partial charge in [0, 0.05) is 6.54 Å². The highest BCUT2D eigenvalue weighted by molar-refractivity contribution is 6.31. The minimum atomic E-state index is -0.958. The van der Waals surface area contributed by atoms with E-state index in [-0.39, 0.29) is 0 Å². The molecule has 0 bridgehead atoms. The van der Waals surface area contributed by atoms with Gasteiger partial charge in [-0.3, -0.25) is 4.68 Å². The first-order chi connectivity index (χ1) is 6.82. The Labute approximate surface area is 95.5 Å². The highest BCUT2D eigenvalue weighted by Crippen LogP contribution is 2.27. The van der Waals surface area contributed by atoms with Crippen LogP contribution in [0.2, 0.25) is 5.02 Å². The van der Waals surface area contributed by atoms with Crippen LogP contribution in [0.3, 0.4) is 0 Å². The van der Waals surface area contributed by atoms with E-state index in [9.17, 15) is 5.11 Å². The summed E-state index contributed by atoms with van der Waals surface area (Å²) in [6, 6.07) is 0. The molecule has 86 valence electrons. The van der Waals surface area contributed by atoms with Crippen LogP contribution in [0, 0.1) is 0 Å². The van der Waals surface area contributed by atoms with Crippen molar-refractivity contribution in [2.75, 3.05) is 20.6 Å². The number of hydrogen-bond acceptors (Lipinski definition) is 3. The minimum Gasteiger partial charge on any atom is -0.384 e. The molecule has 5 heteroatoms. The maximum Gasteiger partial charge on any atom is 0.102 e. The molecule has 0 spiro atoms. The van der Waals surface area contributed by atoms with Crippen molar-refractivity contribution in [1.82, 2.24) is 14.7 Å². The number of likely N-dealkylation sites (N-methyl/N-ethyl adjacent to an activating group) is 1. The number of rotatable bonds is 4. The minimum absolute atomic E-state index is 0.515. The fraction of sp³-hybridized carbons (Fsp3) is 0.700. The summed E-state index contributed by atoms with van der Waals surface area (Å²) in [7, 11) is 3.99. The van der Waals surface area contributed by atoms with E-state index in [0.29, 0.717) is 10.7 Å². The van der Waals surface area contributed by atoms with E-state index in [1.165, 1.54) is 0 Å². The van der Waals surface area contributed by atoms with Gasteiger partial charge in [-0.05, 0) is 27.9 Å². The van der Waals surface area contributed by atoms with Crippen LogP contribution in [0.15, 0.2) is 6.20 Å². The van der Waals surface area contributed by atoms with Crippen LogP contribution in [0.4, 0.5) is 0 Å². The number of hydrogen-bond donors (Lipinski definition) is 1. The van der Waals surface area contributed by atoms with Crippen LogP contribution in [0.25, 0.3) is 0 Å². The first kappa shape index (κ1) is 12.5. The Morgan fingerprint density at radius 2 is 2.13 bits per heavy atom. The third kappa shape index (κ3) is 3.19. The maximum atomic E-state index is 9.95. The highest BCUT2D eigenvalue weighted by Gasteiger charge is 2.24. The van der Waals surface area contributed by atoms with Crippen LogP contribution in [0.5, 0.6) is 0 Å². The standard InChI is InChI=1S/C10H18ClN3O/c1-10(2,15)9-8(11)7-12-14(9)6-5-13(3)4/h7,15H,5-6H2,1-4H3. The molecular weight excluding hydrogens is 214 g/mol. The summed E-state index contributed by atoms with van der Waals surface area (Å²) < 4.78 is 1.75. The number of aliphatic hydroxyl groups is 1. The summed E-state index contributed by atoms with van der Waals surface area (Å²) in [6.07, 6.45) is 1.57. The van der Waals surface area contributed by atoms with Gasteiger partial charge in [0.2, 0.25) is 0 Å². The van der Waals surface area contributed by atoms with E-state index in [1.807, 2.05) is 14.1 Å². The summed E-state index contributed by atoms with van der Waals surface area (Å²) in [4.78, 5) is 2.06. The van der Waals surface area contributed by atoms with Crippen LogP contribution in [0.1, 0.15) is 19.5 Å². The third-order valence-electron chi connectivity index (χ3n) is 2.13. The van der Waals surface area contributed by atoms with Crippen LogP contribution in [-0.4, -0.2) is 40.4 Å². The molecule has 0 amide bonds. The molecule has 0 aliphatic carbocycles. The molecule has 0 unspecified atom stereocenters. The third-order valence-corrected chi connectivity index (χ3v) is 2.41. The van der Waals surface area contributed by atoms with E-state index in [4.69, 9.17) is 11.6 Å². The Balaban J connectivity index is 2.89. The first-order valence-electron chi connectivity index (χ1n) is 4.91. The zero-order chi connectivity index (χ0) is 11.6. The van der Waals surface area contributed by atoms with Crippen molar-refractivity contribution < 1.29 is 5.11 Å². The lowest BCUT2D eigenvalue weighted by Crippen LogP contribution is -2.26. The molecule has 0 radical (unpaired) electrons. The van der Waals surface area contributed by atoms with Crippen molar-refractivity contribution in [2.24, 2.45) is 0 Å². The van der Waals surface area contributed by atoms with E-state index in [0.717, 1.165) is 13.1 Å². The fourth-order valence-corrected chi connectivity index (χ4v) is 1.81. The second-order valence-corrected chi connectivity index (χ2v) is 4.83.